The second kappa shape index (κ2) is 6.54. The van der Waals surface area contributed by atoms with E-state index in [0.29, 0.717) is 18.7 Å². The van der Waals surface area contributed by atoms with E-state index in [1.165, 1.54) is 0 Å². The van der Waals surface area contributed by atoms with Gasteiger partial charge in [0.25, 0.3) is 5.91 Å². The van der Waals surface area contributed by atoms with Gasteiger partial charge in [-0.25, -0.2) is 0 Å². The molecule has 1 fully saturated rings. The Kier molecular flexibility index (Phi) is 4.76. The van der Waals surface area contributed by atoms with Gasteiger partial charge < -0.3 is 20.3 Å². The molecule has 1 aliphatic rings. The lowest BCUT2D eigenvalue weighted by Crippen LogP contribution is -2.48. The van der Waals surface area contributed by atoms with Crippen molar-refractivity contribution in [1.29, 1.82) is 0 Å². The number of nitrogens with zero attached hydrogens (tertiary/aromatic N) is 1. The van der Waals surface area contributed by atoms with Crippen molar-refractivity contribution < 1.29 is 9.53 Å². The molecule has 0 radical (unpaired) electrons. The summed E-state index contributed by atoms with van der Waals surface area (Å²) < 4.78 is 5.35. The number of hydrogen-bond acceptors (Lipinski definition) is 4. The highest BCUT2D eigenvalue weighted by Crippen LogP contribution is 2.13. The normalized spacial score (nSPS) is 18.9. The van der Waals surface area contributed by atoms with Crippen LogP contribution in [0.5, 0.6) is 0 Å². The van der Waals surface area contributed by atoms with Crippen molar-refractivity contribution in [2.75, 3.05) is 45.3 Å². The minimum absolute atomic E-state index is 0.0453. The number of carbonyl (C=O) groups excluding carboxylic acids is 1. The van der Waals surface area contributed by atoms with Gasteiger partial charge in [0.1, 0.15) is 0 Å². The summed E-state index contributed by atoms with van der Waals surface area (Å²) in [5.74, 6) is -0.0453. The molecule has 1 atom stereocenters. The fraction of sp³-hybridized carbons (Fsp3) is 0.500. The van der Waals surface area contributed by atoms with Crippen LogP contribution in [0, 0.1) is 0 Å². The van der Waals surface area contributed by atoms with Gasteiger partial charge in [0.2, 0.25) is 0 Å². The molecule has 19 heavy (non-hydrogen) atoms. The number of morpholine rings is 1. The highest BCUT2D eigenvalue weighted by atomic mass is 16.5. The van der Waals surface area contributed by atoms with Crippen molar-refractivity contribution in [3.8, 4) is 0 Å². The van der Waals surface area contributed by atoms with E-state index >= 15 is 0 Å². The molecule has 1 aliphatic heterocycles. The molecule has 5 heteroatoms. The molecule has 1 aromatic carbocycles. The van der Waals surface area contributed by atoms with Crippen molar-refractivity contribution in [3.63, 3.8) is 0 Å². The van der Waals surface area contributed by atoms with Gasteiger partial charge in [-0.1, -0.05) is 6.07 Å². The third-order valence-electron chi connectivity index (χ3n) is 3.13. The number of amides is 1. The third kappa shape index (κ3) is 3.94. The van der Waals surface area contributed by atoms with E-state index in [-0.39, 0.29) is 11.9 Å². The lowest BCUT2D eigenvalue weighted by Gasteiger charge is -2.24. The number of benzene rings is 1. The van der Waals surface area contributed by atoms with Crippen LogP contribution in [-0.2, 0) is 4.74 Å². The molecule has 5 nitrogen and oxygen atoms in total. The van der Waals surface area contributed by atoms with Crippen molar-refractivity contribution in [3.05, 3.63) is 29.8 Å². The molecule has 104 valence electrons. The quantitative estimate of drug-likeness (QED) is 0.829. The molecular formula is C14H21N3O2. The van der Waals surface area contributed by atoms with Crippen LogP contribution in [0.25, 0.3) is 0 Å². The van der Waals surface area contributed by atoms with Crippen molar-refractivity contribution in [2.24, 2.45) is 0 Å². The summed E-state index contributed by atoms with van der Waals surface area (Å²) >= 11 is 0. The van der Waals surface area contributed by atoms with E-state index in [1.54, 1.807) is 0 Å². The Morgan fingerprint density at radius 2 is 2.37 bits per heavy atom. The van der Waals surface area contributed by atoms with Gasteiger partial charge in [-0.15, -0.1) is 0 Å². The lowest BCUT2D eigenvalue weighted by molar-refractivity contribution is 0.0734. The Balaban J connectivity index is 1.90. The maximum atomic E-state index is 12.1. The van der Waals surface area contributed by atoms with Gasteiger partial charge in [0, 0.05) is 44.5 Å². The molecule has 0 aliphatic carbocycles. The Morgan fingerprint density at radius 3 is 3.05 bits per heavy atom. The molecule has 0 spiro atoms. The van der Waals surface area contributed by atoms with Gasteiger partial charge in [-0.05, 0) is 18.2 Å². The van der Waals surface area contributed by atoms with E-state index in [9.17, 15) is 4.79 Å². The van der Waals surface area contributed by atoms with Gasteiger partial charge in [0.15, 0.2) is 0 Å². The number of ether oxygens (including phenoxy) is 1. The summed E-state index contributed by atoms with van der Waals surface area (Å²) in [5, 5.41) is 6.24. The average molecular weight is 263 g/mol. The van der Waals surface area contributed by atoms with Crippen LogP contribution < -0.4 is 15.5 Å². The number of nitrogens with one attached hydrogen (secondary N) is 2. The molecule has 1 saturated heterocycles. The van der Waals surface area contributed by atoms with Crippen LogP contribution in [0.15, 0.2) is 24.3 Å². The molecule has 0 aromatic heterocycles. The first-order valence-electron chi connectivity index (χ1n) is 6.53. The lowest BCUT2D eigenvalue weighted by atomic mass is 10.1. The smallest absolute Gasteiger partial charge is 0.251 e. The summed E-state index contributed by atoms with van der Waals surface area (Å²) in [6, 6.07) is 7.79. The van der Waals surface area contributed by atoms with Gasteiger partial charge in [0.05, 0.1) is 13.2 Å². The summed E-state index contributed by atoms with van der Waals surface area (Å²) in [4.78, 5) is 14.0. The molecule has 2 N–H and O–H groups in total. The SMILES string of the molecule is CN(C)c1cccc(C(=O)NCC2COCCN2)c1. The topological polar surface area (TPSA) is 53.6 Å². The average Bonchev–Trinajstić information content (AvgIpc) is 2.46. The molecule has 1 unspecified atom stereocenters. The van der Waals surface area contributed by atoms with Crippen LogP contribution in [-0.4, -0.2) is 52.3 Å². The maximum absolute atomic E-state index is 12.1. The molecule has 1 amide bonds. The number of rotatable bonds is 4. The standard InChI is InChI=1S/C14H21N3O2/c1-17(2)13-5-3-4-11(8-13)14(18)16-9-12-10-19-7-6-15-12/h3-5,8,12,15H,6-7,9-10H2,1-2H3,(H,16,18). The summed E-state index contributed by atoms with van der Waals surface area (Å²) in [7, 11) is 3.92. The zero-order valence-corrected chi connectivity index (χ0v) is 11.5. The van der Waals surface area contributed by atoms with Crippen LogP contribution in [0.3, 0.4) is 0 Å². The monoisotopic (exact) mass is 263 g/mol. The van der Waals surface area contributed by atoms with Gasteiger partial charge in [-0.2, -0.15) is 0 Å². The van der Waals surface area contributed by atoms with Crippen LogP contribution in [0.2, 0.25) is 0 Å². The van der Waals surface area contributed by atoms with E-state index in [2.05, 4.69) is 10.6 Å². The Labute approximate surface area is 113 Å². The molecule has 2 rings (SSSR count). The summed E-state index contributed by atoms with van der Waals surface area (Å²) in [6.07, 6.45) is 0. The fourth-order valence-electron chi connectivity index (χ4n) is 1.99. The number of carbonyl (C=O) groups is 1. The Morgan fingerprint density at radius 1 is 1.53 bits per heavy atom. The molecule has 0 saturated carbocycles. The fourth-order valence-corrected chi connectivity index (χ4v) is 1.99. The van der Waals surface area contributed by atoms with E-state index in [0.717, 1.165) is 18.8 Å². The largest absolute Gasteiger partial charge is 0.378 e. The van der Waals surface area contributed by atoms with Crippen LogP contribution in [0.1, 0.15) is 10.4 Å². The van der Waals surface area contributed by atoms with E-state index < -0.39 is 0 Å². The van der Waals surface area contributed by atoms with Crippen LogP contribution >= 0.6 is 0 Å². The van der Waals surface area contributed by atoms with Gasteiger partial charge >= 0.3 is 0 Å². The predicted octanol–water partition coefficient (Wildman–Crippen LogP) is 0.471. The predicted molar refractivity (Wildman–Crippen MR) is 75.7 cm³/mol. The Bertz CT molecular complexity index is 428. The first kappa shape index (κ1) is 13.8. The minimum atomic E-state index is -0.0453. The second-order valence-corrected chi connectivity index (χ2v) is 4.88. The molecule has 1 heterocycles. The molecular weight excluding hydrogens is 242 g/mol. The number of anilines is 1. The minimum Gasteiger partial charge on any atom is -0.378 e. The highest BCUT2D eigenvalue weighted by Gasteiger charge is 2.14. The zero-order valence-electron chi connectivity index (χ0n) is 11.5. The first-order chi connectivity index (χ1) is 9.16. The zero-order chi connectivity index (χ0) is 13.7. The van der Waals surface area contributed by atoms with Crippen molar-refractivity contribution >= 4 is 11.6 Å². The van der Waals surface area contributed by atoms with Crippen LogP contribution in [0.4, 0.5) is 5.69 Å². The van der Waals surface area contributed by atoms with E-state index in [4.69, 9.17) is 4.74 Å². The maximum Gasteiger partial charge on any atom is 0.251 e. The molecule has 0 bridgehead atoms. The highest BCUT2D eigenvalue weighted by molar-refractivity contribution is 5.95. The molecule has 1 aromatic rings. The summed E-state index contributed by atoms with van der Waals surface area (Å²) in [5.41, 5.74) is 1.70. The first-order valence-corrected chi connectivity index (χ1v) is 6.53. The van der Waals surface area contributed by atoms with Crippen molar-refractivity contribution in [2.45, 2.75) is 6.04 Å². The van der Waals surface area contributed by atoms with Gasteiger partial charge in [-0.3, -0.25) is 4.79 Å². The number of hydrogen-bond donors (Lipinski definition) is 2. The van der Waals surface area contributed by atoms with Crippen molar-refractivity contribution in [1.82, 2.24) is 10.6 Å². The van der Waals surface area contributed by atoms with E-state index in [1.807, 2.05) is 43.3 Å². The Hall–Kier alpha value is -1.59. The third-order valence-corrected chi connectivity index (χ3v) is 3.13. The summed E-state index contributed by atoms with van der Waals surface area (Å²) in [6.45, 7) is 2.83. The second-order valence-electron chi connectivity index (χ2n) is 4.88.